The van der Waals surface area contributed by atoms with Crippen LogP contribution in [-0.2, 0) is 0 Å². The molecule has 27 heavy (non-hydrogen) atoms. The molecule has 0 aliphatic rings. The Morgan fingerprint density at radius 2 is 2.07 bits per heavy atom. The maximum Gasteiger partial charge on any atom is 0.410 e. The molecule has 4 N–H and O–H groups in total. The number of aromatic amines is 1. The van der Waals surface area contributed by atoms with E-state index in [0.717, 1.165) is 43.1 Å². The second-order valence-corrected chi connectivity index (χ2v) is 6.01. The van der Waals surface area contributed by atoms with Gasteiger partial charge in [0.15, 0.2) is 5.75 Å². The van der Waals surface area contributed by atoms with E-state index in [1.807, 2.05) is 18.2 Å². The zero-order valence-corrected chi connectivity index (χ0v) is 15.5. The van der Waals surface area contributed by atoms with Gasteiger partial charge in [-0.3, -0.25) is 0 Å². The molecule has 8 nitrogen and oxygen atoms in total. The molecule has 0 bridgehead atoms. The third-order valence-corrected chi connectivity index (χ3v) is 4.36. The highest BCUT2D eigenvalue weighted by atomic mass is 16.5. The minimum atomic E-state index is -0.868. The zero-order chi connectivity index (χ0) is 19.2. The Kier molecular flexibility index (Phi) is 5.87. The van der Waals surface area contributed by atoms with Crippen LogP contribution in [0.4, 0.5) is 10.6 Å². The lowest BCUT2D eigenvalue weighted by atomic mass is 10.2. The molecule has 0 aliphatic heterocycles. The van der Waals surface area contributed by atoms with Crippen molar-refractivity contribution >= 4 is 22.9 Å². The summed E-state index contributed by atoms with van der Waals surface area (Å²) in [5.74, 6) is 1.72. The van der Waals surface area contributed by atoms with Crippen molar-refractivity contribution in [3.8, 4) is 17.1 Å². The maximum atomic E-state index is 11.1. The normalized spacial score (nSPS) is 11.1. The molecule has 0 fully saturated rings. The van der Waals surface area contributed by atoms with Crippen LogP contribution in [0.25, 0.3) is 22.4 Å². The second-order valence-electron chi connectivity index (χ2n) is 6.01. The van der Waals surface area contributed by atoms with Gasteiger partial charge in [-0.05, 0) is 37.4 Å². The molecular weight excluding hydrogens is 344 g/mol. The van der Waals surface area contributed by atoms with E-state index in [4.69, 9.17) is 10.5 Å². The summed E-state index contributed by atoms with van der Waals surface area (Å²) in [4.78, 5) is 25.7. The first-order valence-corrected chi connectivity index (χ1v) is 9.00. The van der Waals surface area contributed by atoms with Gasteiger partial charge in [-0.2, -0.15) is 0 Å². The number of aromatic nitrogens is 3. The molecule has 0 saturated carbocycles. The molecule has 0 radical (unpaired) electrons. The van der Waals surface area contributed by atoms with Crippen molar-refractivity contribution in [2.24, 2.45) is 5.73 Å². The molecule has 3 aromatic rings. The number of imidazole rings is 1. The number of pyridine rings is 1. The standard InChI is InChI=1S/C19H24N6O2/c1-3-25(4-2)12-11-22-17-13(7-6-10-21-17)18-23-14-8-5-9-15(16(14)24-18)27-19(20)26/h5-10H,3-4,11-12H2,1-2H3,(H2,20,26)(H,21,22)(H,23,24). The average molecular weight is 368 g/mol. The Bertz CT molecular complexity index is 919. The molecule has 0 atom stereocenters. The third-order valence-electron chi connectivity index (χ3n) is 4.36. The Morgan fingerprint density at radius 1 is 1.26 bits per heavy atom. The SMILES string of the molecule is CCN(CC)CCNc1ncccc1-c1nc2c(OC(N)=O)cccc2[nH]1. The number of para-hydroxylation sites is 1. The van der Waals surface area contributed by atoms with E-state index in [-0.39, 0.29) is 0 Å². The van der Waals surface area contributed by atoms with E-state index in [1.165, 1.54) is 0 Å². The number of fused-ring (bicyclic) bond motifs is 1. The number of likely N-dealkylation sites (N-methyl/N-ethyl adjacent to an activating group) is 1. The Morgan fingerprint density at radius 3 is 2.81 bits per heavy atom. The van der Waals surface area contributed by atoms with Crippen molar-refractivity contribution in [1.82, 2.24) is 19.9 Å². The number of anilines is 1. The van der Waals surface area contributed by atoms with Crippen LogP contribution < -0.4 is 15.8 Å². The number of nitrogens with two attached hydrogens (primary N) is 1. The molecule has 0 aliphatic carbocycles. The van der Waals surface area contributed by atoms with Gasteiger partial charge in [-0.15, -0.1) is 0 Å². The summed E-state index contributed by atoms with van der Waals surface area (Å²) in [5.41, 5.74) is 7.28. The van der Waals surface area contributed by atoms with Crippen LogP contribution >= 0.6 is 0 Å². The highest BCUT2D eigenvalue weighted by Gasteiger charge is 2.14. The molecular formula is C19H24N6O2. The summed E-state index contributed by atoms with van der Waals surface area (Å²) >= 11 is 0. The first-order chi connectivity index (χ1) is 13.1. The summed E-state index contributed by atoms with van der Waals surface area (Å²) in [6, 6.07) is 9.10. The van der Waals surface area contributed by atoms with Gasteiger partial charge in [0.1, 0.15) is 17.2 Å². The topological polar surface area (TPSA) is 109 Å². The molecule has 0 spiro atoms. The fourth-order valence-corrected chi connectivity index (χ4v) is 2.93. The molecule has 1 amide bonds. The van der Waals surface area contributed by atoms with Crippen molar-refractivity contribution in [2.75, 3.05) is 31.5 Å². The first-order valence-electron chi connectivity index (χ1n) is 9.00. The molecule has 3 rings (SSSR count). The number of benzene rings is 1. The van der Waals surface area contributed by atoms with Gasteiger partial charge in [0.05, 0.1) is 11.1 Å². The van der Waals surface area contributed by atoms with Gasteiger partial charge in [0, 0.05) is 19.3 Å². The molecule has 142 valence electrons. The Balaban J connectivity index is 1.87. The summed E-state index contributed by atoms with van der Waals surface area (Å²) in [5, 5.41) is 3.38. The smallest absolute Gasteiger partial charge is 0.408 e. The number of hydrogen-bond acceptors (Lipinski definition) is 6. The first kappa shape index (κ1) is 18.7. The number of amides is 1. The number of hydrogen-bond donors (Lipinski definition) is 3. The van der Waals surface area contributed by atoms with E-state index in [9.17, 15) is 4.79 Å². The number of nitrogens with zero attached hydrogens (tertiary/aromatic N) is 3. The molecule has 1 aromatic carbocycles. The minimum Gasteiger partial charge on any atom is -0.408 e. The van der Waals surface area contributed by atoms with Crippen LogP contribution in [0.1, 0.15) is 13.8 Å². The van der Waals surface area contributed by atoms with E-state index < -0.39 is 6.09 Å². The van der Waals surface area contributed by atoms with E-state index in [1.54, 1.807) is 18.3 Å². The van der Waals surface area contributed by atoms with Gasteiger partial charge >= 0.3 is 6.09 Å². The van der Waals surface area contributed by atoms with Gasteiger partial charge in [0.2, 0.25) is 0 Å². The van der Waals surface area contributed by atoms with Crippen molar-refractivity contribution in [3.63, 3.8) is 0 Å². The van der Waals surface area contributed by atoms with Gasteiger partial charge in [-0.25, -0.2) is 14.8 Å². The maximum absolute atomic E-state index is 11.1. The van der Waals surface area contributed by atoms with Crippen LogP contribution in [-0.4, -0.2) is 52.1 Å². The van der Waals surface area contributed by atoms with Crippen LogP contribution in [0.15, 0.2) is 36.5 Å². The summed E-state index contributed by atoms with van der Waals surface area (Å²) < 4.78 is 5.04. The van der Waals surface area contributed by atoms with Crippen LogP contribution in [0.3, 0.4) is 0 Å². The van der Waals surface area contributed by atoms with Crippen molar-refractivity contribution in [1.29, 1.82) is 0 Å². The number of H-pyrrole nitrogens is 1. The van der Waals surface area contributed by atoms with E-state index in [2.05, 4.69) is 39.0 Å². The van der Waals surface area contributed by atoms with Crippen molar-refractivity contribution in [3.05, 3.63) is 36.5 Å². The van der Waals surface area contributed by atoms with E-state index in [0.29, 0.717) is 17.1 Å². The number of carbonyl (C=O) groups excluding carboxylic acids is 1. The zero-order valence-electron chi connectivity index (χ0n) is 15.5. The fraction of sp³-hybridized carbons (Fsp3) is 0.316. The lowest BCUT2D eigenvalue weighted by Gasteiger charge is -2.18. The van der Waals surface area contributed by atoms with Crippen molar-refractivity contribution in [2.45, 2.75) is 13.8 Å². The van der Waals surface area contributed by atoms with E-state index >= 15 is 0 Å². The van der Waals surface area contributed by atoms with Gasteiger partial charge in [0.25, 0.3) is 0 Å². The second kappa shape index (κ2) is 8.50. The third kappa shape index (κ3) is 4.35. The number of rotatable bonds is 8. The summed E-state index contributed by atoms with van der Waals surface area (Å²) in [6.07, 6.45) is 0.875. The monoisotopic (exact) mass is 368 g/mol. The highest BCUT2D eigenvalue weighted by molar-refractivity contribution is 5.88. The van der Waals surface area contributed by atoms with Gasteiger partial charge in [-0.1, -0.05) is 19.9 Å². The predicted molar refractivity (Wildman–Crippen MR) is 106 cm³/mol. The molecule has 0 saturated heterocycles. The molecule has 8 heteroatoms. The minimum absolute atomic E-state index is 0.322. The largest absolute Gasteiger partial charge is 0.410 e. The Labute approximate surface area is 157 Å². The lowest BCUT2D eigenvalue weighted by molar-refractivity contribution is 0.211. The number of primary amides is 1. The fourth-order valence-electron chi connectivity index (χ4n) is 2.93. The summed E-state index contributed by atoms with van der Waals surface area (Å²) in [6.45, 7) is 8.03. The average Bonchev–Trinajstić information content (AvgIpc) is 3.10. The number of nitrogens with one attached hydrogen (secondary N) is 2. The highest BCUT2D eigenvalue weighted by Crippen LogP contribution is 2.29. The lowest BCUT2D eigenvalue weighted by Crippen LogP contribution is -2.28. The molecule has 0 unspecified atom stereocenters. The number of carbonyl (C=O) groups is 1. The molecule has 2 aromatic heterocycles. The quantitative estimate of drug-likeness (QED) is 0.564. The van der Waals surface area contributed by atoms with Crippen molar-refractivity contribution < 1.29 is 9.53 Å². The molecule has 2 heterocycles. The van der Waals surface area contributed by atoms with Crippen LogP contribution in [0, 0.1) is 0 Å². The Hall–Kier alpha value is -3.13. The summed E-state index contributed by atoms with van der Waals surface area (Å²) in [7, 11) is 0. The number of ether oxygens (including phenoxy) is 1. The predicted octanol–water partition coefficient (Wildman–Crippen LogP) is 2.84. The van der Waals surface area contributed by atoms with Crippen LogP contribution in [0.2, 0.25) is 0 Å². The van der Waals surface area contributed by atoms with Crippen LogP contribution in [0.5, 0.6) is 5.75 Å². The van der Waals surface area contributed by atoms with Gasteiger partial charge < -0.3 is 25.7 Å².